The molecule has 0 radical (unpaired) electrons. The van der Waals surface area contributed by atoms with Crippen LogP contribution >= 0.6 is 11.8 Å². The summed E-state index contributed by atoms with van der Waals surface area (Å²) in [5.74, 6) is 1.83. The van der Waals surface area contributed by atoms with Crippen molar-refractivity contribution in [3.63, 3.8) is 0 Å². The minimum absolute atomic E-state index is 0.0483. The van der Waals surface area contributed by atoms with Gasteiger partial charge in [0, 0.05) is 17.8 Å². The van der Waals surface area contributed by atoms with Crippen molar-refractivity contribution in [2.45, 2.75) is 62.8 Å². The summed E-state index contributed by atoms with van der Waals surface area (Å²) in [6.07, 6.45) is 7.36. The minimum Gasteiger partial charge on any atom is -0.393 e. The van der Waals surface area contributed by atoms with Gasteiger partial charge in [-0.1, -0.05) is 19.8 Å². The molecule has 0 amide bonds. The van der Waals surface area contributed by atoms with Gasteiger partial charge in [-0.15, -0.1) is 0 Å². The van der Waals surface area contributed by atoms with Crippen LogP contribution in [-0.4, -0.2) is 34.8 Å². The van der Waals surface area contributed by atoms with E-state index in [1.165, 1.54) is 37.9 Å². The number of aliphatic hydroxyl groups is 1. The number of nitrogens with one attached hydrogen (secondary N) is 1. The van der Waals surface area contributed by atoms with Gasteiger partial charge >= 0.3 is 0 Å². The van der Waals surface area contributed by atoms with E-state index < -0.39 is 0 Å². The molecule has 2 nitrogen and oxygen atoms in total. The van der Waals surface area contributed by atoms with Gasteiger partial charge < -0.3 is 10.4 Å². The van der Waals surface area contributed by atoms with Gasteiger partial charge in [-0.05, 0) is 37.4 Å². The molecule has 2 aliphatic rings. The number of rotatable bonds is 3. The third-order valence-electron chi connectivity index (χ3n) is 4.12. The van der Waals surface area contributed by atoms with E-state index in [9.17, 15) is 5.11 Å². The van der Waals surface area contributed by atoms with Crippen LogP contribution in [0.4, 0.5) is 0 Å². The number of hydrogen-bond donors (Lipinski definition) is 2. The molecule has 0 aromatic heterocycles. The summed E-state index contributed by atoms with van der Waals surface area (Å²) >= 11 is 2.09. The normalized spacial score (nSPS) is 40.9. The maximum atomic E-state index is 9.92. The van der Waals surface area contributed by atoms with Crippen LogP contribution in [0.25, 0.3) is 0 Å². The van der Waals surface area contributed by atoms with Crippen molar-refractivity contribution >= 4 is 11.8 Å². The Morgan fingerprint density at radius 3 is 2.75 bits per heavy atom. The van der Waals surface area contributed by atoms with Crippen molar-refractivity contribution in [2.24, 2.45) is 5.92 Å². The highest BCUT2D eigenvalue weighted by Gasteiger charge is 2.26. The molecule has 0 aromatic rings. The maximum Gasteiger partial charge on any atom is 0.0580 e. The Morgan fingerprint density at radius 2 is 2.00 bits per heavy atom. The van der Waals surface area contributed by atoms with Gasteiger partial charge in [-0.25, -0.2) is 0 Å². The molecule has 1 saturated carbocycles. The Kier molecular flexibility index (Phi) is 4.98. The standard InChI is InChI=1S/C13H25NOS/c1-10-12(6-4-8-16-10)14-9-11-5-2-3-7-13(11)15/h10-15H,2-9H2,1H3. The molecule has 16 heavy (non-hydrogen) atoms. The topological polar surface area (TPSA) is 32.3 Å². The summed E-state index contributed by atoms with van der Waals surface area (Å²) in [5.41, 5.74) is 0. The van der Waals surface area contributed by atoms with E-state index in [4.69, 9.17) is 0 Å². The monoisotopic (exact) mass is 243 g/mol. The van der Waals surface area contributed by atoms with Gasteiger partial charge in [-0.3, -0.25) is 0 Å². The number of aliphatic hydroxyl groups excluding tert-OH is 1. The molecule has 2 rings (SSSR count). The van der Waals surface area contributed by atoms with Gasteiger partial charge in [0.15, 0.2) is 0 Å². The van der Waals surface area contributed by atoms with Crippen molar-refractivity contribution in [3.05, 3.63) is 0 Å². The van der Waals surface area contributed by atoms with Crippen LogP contribution < -0.4 is 5.32 Å². The van der Waals surface area contributed by atoms with Crippen LogP contribution in [-0.2, 0) is 0 Å². The molecule has 1 saturated heterocycles. The average Bonchev–Trinajstić information content (AvgIpc) is 2.30. The van der Waals surface area contributed by atoms with Gasteiger partial charge in [0.2, 0.25) is 0 Å². The highest BCUT2D eigenvalue weighted by molar-refractivity contribution is 7.99. The second kappa shape index (κ2) is 6.27. The molecule has 1 heterocycles. The van der Waals surface area contributed by atoms with Crippen LogP contribution in [0, 0.1) is 5.92 Å². The largest absolute Gasteiger partial charge is 0.393 e. The first kappa shape index (κ1) is 12.7. The van der Waals surface area contributed by atoms with E-state index >= 15 is 0 Å². The molecule has 2 N–H and O–H groups in total. The lowest BCUT2D eigenvalue weighted by Gasteiger charge is -2.33. The molecule has 0 aromatic carbocycles. The highest BCUT2D eigenvalue weighted by atomic mass is 32.2. The second-order valence-electron chi connectivity index (χ2n) is 5.34. The Hall–Kier alpha value is 0.270. The zero-order valence-corrected chi connectivity index (χ0v) is 11.1. The summed E-state index contributed by atoms with van der Waals surface area (Å²) in [7, 11) is 0. The number of thioether (sulfide) groups is 1. The molecular weight excluding hydrogens is 218 g/mol. The van der Waals surface area contributed by atoms with E-state index in [2.05, 4.69) is 24.0 Å². The first-order valence-electron chi connectivity index (χ1n) is 6.80. The van der Waals surface area contributed by atoms with E-state index in [0.29, 0.717) is 12.0 Å². The molecule has 1 aliphatic carbocycles. The molecular formula is C13H25NOS. The van der Waals surface area contributed by atoms with Crippen LogP contribution in [0.5, 0.6) is 0 Å². The molecule has 1 aliphatic heterocycles. The van der Waals surface area contributed by atoms with Crippen molar-refractivity contribution < 1.29 is 5.11 Å². The van der Waals surface area contributed by atoms with Crippen LogP contribution in [0.2, 0.25) is 0 Å². The fourth-order valence-electron chi connectivity index (χ4n) is 2.92. The lowest BCUT2D eigenvalue weighted by atomic mass is 9.86. The summed E-state index contributed by atoms with van der Waals surface area (Å²) in [4.78, 5) is 0. The summed E-state index contributed by atoms with van der Waals surface area (Å²) in [6, 6.07) is 0.674. The lowest BCUT2D eigenvalue weighted by molar-refractivity contribution is 0.0679. The molecule has 94 valence electrons. The first-order chi connectivity index (χ1) is 7.77. The Morgan fingerprint density at radius 1 is 1.19 bits per heavy atom. The molecule has 0 spiro atoms. The Balaban J connectivity index is 1.72. The lowest BCUT2D eigenvalue weighted by Crippen LogP contribution is -2.44. The predicted octanol–water partition coefficient (Wildman–Crippen LogP) is 2.41. The van der Waals surface area contributed by atoms with Crippen molar-refractivity contribution in [2.75, 3.05) is 12.3 Å². The zero-order chi connectivity index (χ0) is 11.4. The van der Waals surface area contributed by atoms with E-state index in [1.807, 2.05) is 0 Å². The molecule has 2 fully saturated rings. The van der Waals surface area contributed by atoms with Gasteiger partial charge in [-0.2, -0.15) is 11.8 Å². The third kappa shape index (κ3) is 3.38. The van der Waals surface area contributed by atoms with E-state index in [-0.39, 0.29) is 6.10 Å². The average molecular weight is 243 g/mol. The molecule has 0 bridgehead atoms. The Labute approximate surface area is 104 Å². The first-order valence-corrected chi connectivity index (χ1v) is 7.85. The van der Waals surface area contributed by atoms with Gasteiger partial charge in [0.05, 0.1) is 6.10 Å². The van der Waals surface area contributed by atoms with Crippen molar-refractivity contribution in [3.8, 4) is 0 Å². The third-order valence-corrected chi connectivity index (χ3v) is 5.50. The highest BCUT2D eigenvalue weighted by Crippen LogP contribution is 2.27. The SMILES string of the molecule is CC1SCCCC1NCC1CCCCC1O. The second-order valence-corrected chi connectivity index (χ2v) is 6.83. The zero-order valence-electron chi connectivity index (χ0n) is 10.3. The Bertz CT molecular complexity index is 190. The van der Waals surface area contributed by atoms with Crippen molar-refractivity contribution in [1.82, 2.24) is 5.32 Å². The minimum atomic E-state index is -0.0483. The number of hydrogen-bond acceptors (Lipinski definition) is 3. The smallest absolute Gasteiger partial charge is 0.0580 e. The van der Waals surface area contributed by atoms with E-state index in [0.717, 1.165) is 18.2 Å². The van der Waals surface area contributed by atoms with E-state index in [1.54, 1.807) is 0 Å². The van der Waals surface area contributed by atoms with Crippen LogP contribution in [0.1, 0.15) is 45.4 Å². The predicted molar refractivity (Wildman–Crippen MR) is 70.9 cm³/mol. The van der Waals surface area contributed by atoms with Crippen LogP contribution in [0.3, 0.4) is 0 Å². The van der Waals surface area contributed by atoms with Crippen LogP contribution in [0.15, 0.2) is 0 Å². The maximum absolute atomic E-state index is 9.92. The summed E-state index contributed by atoms with van der Waals surface area (Å²) < 4.78 is 0. The van der Waals surface area contributed by atoms with Crippen molar-refractivity contribution in [1.29, 1.82) is 0 Å². The summed E-state index contributed by atoms with van der Waals surface area (Å²) in [6.45, 7) is 3.36. The quantitative estimate of drug-likeness (QED) is 0.798. The summed E-state index contributed by atoms with van der Waals surface area (Å²) in [5, 5.41) is 14.4. The molecule has 4 unspecified atom stereocenters. The fraction of sp³-hybridized carbons (Fsp3) is 1.00. The fourth-order valence-corrected chi connectivity index (χ4v) is 4.09. The molecule has 4 atom stereocenters. The van der Waals surface area contributed by atoms with Gasteiger partial charge in [0.25, 0.3) is 0 Å². The molecule has 3 heteroatoms. The van der Waals surface area contributed by atoms with Gasteiger partial charge in [0.1, 0.15) is 0 Å².